The number of hydrogen-bond donors (Lipinski definition) is 2. The summed E-state index contributed by atoms with van der Waals surface area (Å²) in [4.78, 5) is 17.7. The number of aromatic nitrogens is 4. The fourth-order valence-corrected chi connectivity index (χ4v) is 5.29. The highest BCUT2D eigenvalue weighted by molar-refractivity contribution is 5.92. The van der Waals surface area contributed by atoms with Crippen molar-refractivity contribution in [3.8, 4) is 11.3 Å². The summed E-state index contributed by atoms with van der Waals surface area (Å²) in [6, 6.07) is 11.1. The molecule has 0 unspecified atom stereocenters. The Hall–Kier alpha value is -3.19. The van der Waals surface area contributed by atoms with Crippen LogP contribution in [-0.4, -0.2) is 57.1 Å². The summed E-state index contributed by atoms with van der Waals surface area (Å²) in [5, 5.41) is 12.3. The second kappa shape index (κ2) is 8.63. The molecule has 7 heteroatoms. The molecule has 1 aliphatic heterocycles. The predicted molar refractivity (Wildman–Crippen MR) is 132 cm³/mol. The second-order valence-corrected chi connectivity index (χ2v) is 9.49. The molecule has 1 saturated heterocycles. The maximum Gasteiger partial charge on any atom is 0.233 e. The quantitative estimate of drug-likeness (QED) is 0.483. The topological polar surface area (TPSA) is 78.3 Å². The van der Waals surface area contributed by atoms with Crippen LogP contribution < -0.4 is 5.32 Å². The molecule has 3 aromatic heterocycles. The number of likely N-dealkylation sites (N-methyl/N-ethyl adjacent to an activating group) is 1. The molecular weight excluding hydrogens is 412 g/mol. The van der Waals surface area contributed by atoms with Crippen LogP contribution in [-0.2, 0) is 4.79 Å². The average molecular weight is 445 g/mol. The molecule has 0 bridgehead atoms. The van der Waals surface area contributed by atoms with Gasteiger partial charge in [-0.15, -0.1) is 10.2 Å². The number of benzene rings is 1. The van der Waals surface area contributed by atoms with Crippen LogP contribution >= 0.6 is 0 Å². The molecule has 33 heavy (non-hydrogen) atoms. The normalized spacial score (nSPS) is 15.7. The monoisotopic (exact) mass is 444 g/mol. The van der Waals surface area contributed by atoms with Gasteiger partial charge in [-0.2, -0.15) is 0 Å². The number of likely N-dealkylation sites (tertiary alicyclic amines) is 1. The molecule has 0 spiro atoms. The van der Waals surface area contributed by atoms with Gasteiger partial charge in [0.1, 0.15) is 6.33 Å². The molecule has 1 amide bonds. The smallest absolute Gasteiger partial charge is 0.233 e. The van der Waals surface area contributed by atoms with Gasteiger partial charge in [-0.3, -0.25) is 14.1 Å². The van der Waals surface area contributed by atoms with Gasteiger partial charge in [-0.05, 0) is 80.1 Å². The molecule has 1 fully saturated rings. The van der Waals surface area contributed by atoms with E-state index >= 15 is 0 Å². The third kappa shape index (κ3) is 3.91. The van der Waals surface area contributed by atoms with E-state index in [9.17, 15) is 4.79 Å². The van der Waals surface area contributed by atoms with Crippen LogP contribution in [0.3, 0.4) is 0 Å². The molecule has 2 N–H and O–H groups in total. The number of hydrogen-bond acceptors (Lipinski definition) is 4. The van der Waals surface area contributed by atoms with E-state index in [0.717, 1.165) is 37.3 Å². The lowest BCUT2D eigenvalue weighted by molar-refractivity contribution is -0.122. The number of carbonyl (C=O) groups is 1. The zero-order valence-electron chi connectivity index (χ0n) is 19.9. The highest BCUT2D eigenvalue weighted by Gasteiger charge is 2.24. The number of aromatic amines is 1. The van der Waals surface area contributed by atoms with Crippen molar-refractivity contribution in [1.82, 2.24) is 29.8 Å². The number of fused-ring (bicyclic) bond motifs is 2. The zero-order chi connectivity index (χ0) is 23.1. The van der Waals surface area contributed by atoms with Gasteiger partial charge < -0.3 is 10.3 Å². The van der Waals surface area contributed by atoms with E-state index in [2.05, 4.69) is 70.4 Å². The Morgan fingerprint density at radius 2 is 2.00 bits per heavy atom. The summed E-state index contributed by atoms with van der Waals surface area (Å²) in [5.41, 5.74) is 8.31. The van der Waals surface area contributed by atoms with Crippen LogP contribution in [0.25, 0.3) is 27.8 Å². The maximum absolute atomic E-state index is 11.7. The Bertz CT molecular complexity index is 1310. The van der Waals surface area contributed by atoms with Gasteiger partial charge in [-0.1, -0.05) is 19.9 Å². The highest BCUT2D eigenvalue weighted by atomic mass is 16.1. The van der Waals surface area contributed by atoms with Crippen molar-refractivity contribution >= 4 is 22.5 Å². The van der Waals surface area contributed by atoms with Crippen molar-refractivity contribution in [3.63, 3.8) is 0 Å². The van der Waals surface area contributed by atoms with Crippen molar-refractivity contribution < 1.29 is 4.79 Å². The molecular formula is C26H32N6O. The van der Waals surface area contributed by atoms with Crippen LogP contribution in [0.5, 0.6) is 0 Å². The van der Waals surface area contributed by atoms with E-state index in [-0.39, 0.29) is 5.91 Å². The Balaban J connectivity index is 1.49. The van der Waals surface area contributed by atoms with Gasteiger partial charge in [0.25, 0.3) is 0 Å². The fourth-order valence-electron chi connectivity index (χ4n) is 5.29. The molecule has 0 saturated carbocycles. The maximum atomic E-state index is 11.7. The van der Waals surface area contributed by atoms with Gasteiger partial charge in [0.2, 0.25) is 5.91 Å². The van der Waals surface area contributed by atoms with E-state index in [0.29, 0.717) is 18.4 Å². The van der Waals surface area contributed by atoms with Crippen molar-refractivity contribution in [2.24, 2.45) is 0 Å². The third-order valence-corrected chi connectivity index (χ3v) is 7.14. The molecule has 1 aromatic carbocycles. The van der Waals surface area contributed by atoms with Gasteiger partial charge in [0, 0.05) is 29.2 Å². The number of H-pyrrole nitrogens is 1. The van der Waals surface area contributed by atoms with E-state index in [1.54, 1.807) is 13.4 Å². The Labute approximate surface area is 194 Å². The first-order valence-electron chi connectivity index (χ1n) is 11.8. The molecule has 4 heterocycles. The van der Waals surface area contributed by atoms with Crippen molar-refractivity contribution in [2.45, 2.75) is 45.4 Å². The fraction of sp³-hybridized carbons (Fsp3) is 0.423. The van der Waals surface area contributed by atoms with Crippen LogP contribution in [0.1, 0.15) is 55.3 Å². The molecule has 7 nitrogen and oxygen atoms in total. The largest absolute Gasteiger partial charge is 0.358 e. The molecule has 5 rings (SSSR count). The number of rotatable bonds is 5. The number of aryl methyl sites for hydroxylation is 1. The highest BCUT2D eigenvalue weighted by Crippen LogP contribution is 2.39. The van der Waals surface area contributed by atoms with Crippen LogP contribution in [0, 0.1) is 6.92 Å². The number of amides is 1. The first-order chi connectivity index (χ1) is 16.0. The van der Waals surface area contributed by atoms with Crippen LogP contribution in [0.4, 0.5) is 0 Å². The Morgan fingerprint density at radius 3 is 2.73 bits per heavy atom. The van der Waals surface area contributed by atoms with E-state index in [1.165, 1.54) is 33.3 Å². The number of nitrogens with one attached hydrogen (secondary N) is 2. The minimum absolute atomic E-state index is 0.0938. The zero-order valence-corrected chi connectivity index (χ0v) is 19.9. The Morgan fingerprint density at radius 1 is 1.21 bits per heavy atom. The van der Waals surface area contributed by atoms with Crippen LogP contribution in [0.2, 0.25) is 0 Å². The molecule has 4 aromatic rings. The van der Waals surface area contributed by atoms with E-state index in [4.69, 9.17) is 0 Å². The summed E-state index contributed by atoms with van der Waals surface area (Å²) in [6.07, 6.45) is 3.95. The lowest BCUT2D eigenvalue weighted by atomic mass is 9.87. The minimum atomic E-state index is 0.0938. The van der Waals surface area contributed by atoms with Crippen molar-refractivity contribution in [3.05, 3.63) is 53.5 Å². The lowest BCUT2D eigenvalue weighted by Crippen LogP contribution is -2.40. The first kappa shape index (κ1) is 21.6. The van der Waals surface area contributed by atoms with Crippen molar-refractivity contribution in [2.75, 3.05) is 26.7 Å². The van der Waals surface area contributed by atoms with Gasteiger partial charge in [-0.25, -0.2) is 0 Å². The summed E-state index contributed by atoms with van der Waals surface area (Å²) in [7, 11) is 1.70. The molecule has 0 aliphatic carbocycles. The summed E-state index contributed by atoms with van der Waals surface area (Å²) >= 11 is 0. The standard InChI is InChI=1S/C26H32N6O/c1-16(2)25-21-13-19(18-9-11-31(12-10-18)14-24(33)27-4)5-7-22(21)29-26(25)20-6-8-23-30-28-15-32(23)17(20)3/h5-8,13,15-16,18,29H,9-12,14H2,1-4H3,(H,27,33). The van der Waals surface area contributed by atoms with Crippen LogP contribution in [0.15, 0.2) is 36.7 Å². The number of nitrogens with zero attached hydrogens (tertiary/aromatic N) is 4. The predicted octanol–water partition coefficient (Wildman–Crippen LogP) is 4.23. The number of piperidine rings is 1. The van der Waals surface area contributed by atoms with E-state index in [1.807, 2.05) is 10.5 Å². The third-order valence-electron chi connectivity index (χ3n) is 7.14. The first-order valence-corrected chi connectivity index (χ1v) is 11.8. The Kier molecular flexibility index (Phi) is 5.66. The molecule has 1 aliphatic rings. The van der Waals surface area contributed by atoms with Gasteiger partial charge in [0.15, 0.2) is 5.65 Å². The average Bonchev–Trinajstić information content (AvgIpc) is 3.44. The number of carbonyl (C=O) groups excluding carboxylic acids is 1. The number of pyridine rings is 1. The summed E-state index contributed by atoms with van der Waals surface area (Å²) in [5.74, 6) is 1.01. The lowest BCUT2D eigenvalue weighted by Gasteiger charge is -2.31. The minimum Gasteiger partial charge on any atom is -0.358 e. The second-order valence-electron chi connectivity index (χ2n) is 9.49. The molecule has 0 radical (unpaired) electrons. The van der Waals surface area contributed by atoms with Gasteiger partial charge >= 0.3 is 0 Å². The van der Waals surface area contributed by atoms with E-state index < -0.39 is 0 Å². The summed E-state index contributed by atoms with van der Waals surface area (Å²) in [6.45, 7) is 9.08. The SMILES string of the molecule is CNC(=O)CN1CCC(c2ccc3[nH]c(-c4ccc5nncn5c4C)c(C(C)C)c3c2)CC1. The summed E-state index contributed by atoms with van der Waals surface area (Å²) < 4.78 is 2.04. The molecule has 0 atom stereocenters. The van der Waals surface area contributed by atoms with Crippen molar-refractivity contribution in [1.29, 1.82) is 0 Å². The van der Waals surface area contributed by atoms with Gasteiger partial charge in [0.05, 0.1) is 12.2 Å². The molecule has 172 valence electrons.